The maximum Gasteiger partial charge on any atom is 0.242 e. The van der Waals surface area contributed by atoms with Gasteiger partial charge < -0.3 is 11.1 Å². The number of hydrogen-bond acceptors (Lipinski definition) is 4. The van der Waals surface area contributed by atoms with Crippen LogP contribution in [0.2, 0.25) is 0 Å². The highest BCUT2D eigenvalue weighted by atomic mass is 32.1. The van der Waals surface area contributed by atoms with Crippen LogP contribution in [0, 0.1) is 0 Å². The highest BCUT2D eigenvalue weighted by molar-refractivity contribution is 7.10. The van der Waals surface area contributed by atoms with Gasteiger partial charge in [-0.15, -0.1) is 11.3 Å². The molecule has 2 aromatic rings. The Morgan fingerprint density at radius 1 is 1.44 bits per heavy atom. The van der Waals surface area contributed by atoms with E-state index in [4.69, 9.17) is 5.73 Å². The molecule has 0 aliphatic carbocycles. The first-order valence-corrected chi connectivity index (χ1v) is 6.55. The Hall–Kier alpha value is -1.72. The van der Waals surface area contributed by atoms with Gasteiger partial charge in [0.05, 0.1) is 6.04 Å². The number of amides is 1. The van der Waals surface area contributed by atoms with Gasteiger partial charge >= 0.3 is 0 Å². The largest absolute Gasteiger partial charge is 0.348 e. The van der Waals surface area contributed by atoms with Crippen LogP contribution >= 0.6 is 11.3 Å². The van der Waals surface area contributed by atoms with Crippen molar-refractivity contribution in [3.8, 4) is 0 Å². The quantitative estimate of drug-likeness (QED) is 0.884. The number of pyridine rings is 1. The zero-order valence-corrected chi connectivity index (χ0v) is 10.9. The van der Waals surface area contributed by atoms with E-state index in [-0.39, 0.29) is 11.9 Å². The lowest BCUT2D eigenvalue weighted by Crippen LogP contribution is -2.35. The summed E-state index contributed by atoms with van der Waals surface area (Å²) in [5.74, 6) is -0.172. The normalized spacial score (nSPS) is 13.9. The van der Waals surface area contributed by atoms with Crippen LogP contribution in [0.5, 0.6) is 0 Å². The summed E-state index contributed by atoms with van der Waals surface area (Å²) in [4.78, 5) is 16.9. The lowest BCUT2D eigenvalue weighted by molar-refractivity contribution is -0.123. The van der Waals surface area contributed by atoms with Crippen LogP contribution in [0.4, 0.5) is 0 Å². The van der Waals surface area contributed by atoms with Gasteiger partial charge in [0.15, 0.2) is 0 Å². The molecule has 0 aliphatic heterocycles. The molecule has 0 spiro atoms. The maximum absolute atomic E-state index is 12.0. The van der Waals surface area contributed by atoms with Crippen LogP contribution in [0.3, 0.4) is 0 Å². The summed E-state index contributed by atoms with van der Waals surface area (Å²) in [6.07, 6.45) is 3.44. The number of rotatable bonds is 4. The van der Waals surface area contributed by atoms with E-state index >= 15 is 0 Å². The third-order valence-electron chi connectivity index (χ3n) is 2.68. The Morgan fingerprint density at radius 2 is 2.28 bits per heavy atom. The molecule has 4 nitrogen and oxygen atoms in total. The number of aromatic nitrogens is 1. The summed E-state index contributed by atoms with van der Waals surface area (Å²) in [6.45, 7) is 1.91. The third-order valence-corrected chi connectivity index (χ3v) is 3.63. The second-order valence-electron chi connectivity index (χ2n) is 4.01. The molecule has 1 amide bonds. The zero-order chi connectivity index (χ0) is 13.0. The standard InChI is InChI=1S/C13H15N3OS/c1-9(10-4-2-6-15-8-10)16-13(17)12(14)11-5-3-7-18-11/h2-9,12H,14H2,1H3,(H,16,17)/t9-,12?/m0/s1. The minimum atomic E-state index is -0.607. The fourth-order valence-electron chi connectivity index (χ4n) is 1.62. The number of thiophene rings is 1. The number of nitrogens with two attached hydrogens (primary N) is 1. The molecule has 0 bridgehead atoms. The minimum Gasteiger partial charge on any atom is -0.348 e. The smallest absolute Gasteiger partial charge is 0.242 e. The summed E-state index contributed by atoms with van der Waals surface area (Å²) in [7, 11) is 0. The molecule has 2 aromatic heterocycles. The predicted octanol–water partition coefficient (Wildman–Crippen LogP) is 2.02. The van der Waals surface area contributed by atoms with Crippen molar-refractivity contribution in [3.05, 3.63) is 52.5 Å². The summed E-state index contributed by atoms with van der Waals surface area (Å²) in [6, 6.07) is 6.81. The average molecular weight is 261 g/mol. The monoisotopic (exact) mass is 261 g/mol. The van der Waals surface area contributed by atoms with Gasteiger partial charge in [0.1, 0.15) is 6.04 Å². The second kappa shape index (κ2) is 5.75. The van der Waals surface area contributed by atoms with Crippen molar-refractivity contribution in [2.75, 3.05) is 0 Å². The molecule has 3 N–H and O–H groups in total. The van der Waals surface area contributed by atoms with Gasteiger partial charge in [0, 0.05) is 17.3 Å². The van der Waals surface area contributed by atoms with E-state index in [0.717, 1.165) is 10.4 Å². The SMILES string of the molecule is C[C@H](NC(=O)C(N)c1cccs1)c1cccnc1. The van der Waals surface area contributed by atoms with Gasteiger partial charge in [-0.25, -0.2) is 0 Å². The molecule has 0 saturated carbocycles. The molecule has 0 aromatic carbocycles. The molecule has 0 fully saturated rings. The van der Waals surface area contributed by atoms with Crippen molar-refractivity contribution in [2.45, 2.75) is 19.0 Å². The van der Waals surface area contributed by atoms with Gasteiger partial charge in [0.25, 0.3) is 0 Å². The molecule has 0 saturated heterocycles. The van der Waals surface area contributed by atoms with Gasteiger partial charge in [-0.3, -0.25) is 9.78 Å². The van der Waals surface area contributed by atoms with Crippen LogP contribution in [0.15, 0.2) is 42.0 Å². The summed E-state index contributed by atoms with van der Waals surface area (Å²) in [5.41, 5.74) is 6.85. The minimum absolute atomic E-state index is 0.0998. The van der Waals surface area contributed by atoms with Crippen molar-refractivity contribution in [1.29, 1.82) is 0 Å². The molecule has 2 heterocycles. The highest BCUT2D eigenvalue weighted by Crippen LogP contribution is 2.18. The highest BCUT2D eigenvalue weighted by Gasteiger charge is 2.18. The first-order chi connectivity index (χ1) is 8.68. The Kier molecular flexibility index (Phi) is 4.07. The Morgan fingerprint density at radius 3 is 2.89 bits per heavy atom. The van der Waals surface area contributed by atoms with Crippen molar-refractivity contribution in [1.82, 2.24) is 10.3 Å². The summed E-state index contributed by atoms with van der Waals surface area (Å²) >= 11 is 1.48. The average Bonchev–Trinajstić information content (AvgIpc) is 2.92. The molecule has 18 heavy (non-hydrogen) atoms. The fraction of sp³-hybridized carbons (Fsp3) is 0.231. The second-order valence-corrected chi connectivity index (χ2v) is 4.99. The lowest BCUT2D eigenvalue weighted by Gasteiger charge is -2.16. The van der Waals surface area contributed by atoms with E-state index in [1.807, 2.05) is 36.6 Å². The van der Waals surface area contributed by atoms with Crippen LogP contribution < -0.4 is 11.1 Å². The van der Waals surface area contributed by atoms with Crippen LogP contribution in [-0.2, 0) is 4.79 Å². The Bertz CT molecular complexity index is 498. The van der Waals surface area contributed by atoms with E-state index in [1.165, 1.54) is 11.3 Å². The predicted molar refractivity (Wildman–Crippen MR) is 72.0 cm³/mol. The van der Waals surface area contributed by atoms with E-state index in [0.29, 0.717) is 0 Å². The molecule has 0 aliphatic rings. The molecular formula is C13H15N3OS. The van der Waals surface area contributed by atoms with Gasteiger partial charge in [-0.1, -0.05) is 12.1 Å². The van der Waals surface area contributed by atoms with E-state index in [2.05, 4.69) is 10.3 Å². The Labute approximate surface area is 110 Å². The number of nitrogens with zero attached hydrogens (tertiary/aromatic N) is 1. The van der Waals surface area contributed by atoms with E-state index in [9.17, 15) is 4.79 Å². The molecule has 5 heteroatoms. The van der Waals surface area contributed by atoms with Crippen molar-refractivity contribution in [3.63, 3.8) is 0 Å². The summed E-state index contributed by atoms with van der Waals surface area (Å²) < 4.78 is 0. The maximum atomic E-state index is 12.0. The first kappa shape index (κ1) is 12.7. The molecule has 1 unspecified atom stereocenters. The van der Waals surface area contributed by atoms with E-state index in [1.54, 1.807) is 12.4 Å². The van der Waals surface area contributed by atoms with Gasteiger partial charge in [-0.2, -0.15) is 0 Å². The number of hydrogen-bond donors (Lipinski definition) is 2. The zero-order valence-electron chi connectivity index (χ0n) is 10.0. The van der Waals surface area contributed by atoms with Crippen LogP contribution in [0.1, 0.15) is 29.4 Å². The number of nitrogens with one attached hydrogen (secondary N) is 1. The van der Waals surface area contributed by atoms with Crippen molar-refractivity contribution < 1.29 is 4.79 Å². The topological polar surface area (TPSA) is 68.0 Å². The molecule has 2 rings (SSSR count). The first-order valence-electron chi connectivity index (χ1n) is 5.68. The molecule has 2 atom stereocenters. The van der Waals surface area contributed by atoms with Gasteiger partial charge in [-0.05, 0) is 30.0 Å². The molecule has 0 radical (unpaired) electrons. The van der Waals surface area contributed by atoms with E-state index < -0.39 is 6.04 Å². The van der Waals surface area contributed by atoms with Crippen LogP contribution in [-0.4, -0.2) is 10.9 Å². The Balaban J connectivity index is 1.99. The number of carbonyl (C=O) groups excluding carboxylic acids is 1. The van der Waals surface area contributed by atoms with Crippen LogP contribution in [0.25, 0.3) is 0 Å². The summed E-state index contributed by atoms with van der Waals surface area (Å²) in [5, 5.41) is 4.80. The fourth-order valence-corrected chi connectivity index (χ4v) is 2.34. The van der Waals surface area contributed by atoms with Gasteiger partial charge in [0.2, 0.25) is 5.91 Å². The van der Waals surface area contributed by atoms with Crippen molar-refractivity contribution in [2.24, 2.45) is 5.73 Å². The molecular weight excluding hydrogens is 246 g/mol. The lowest BCUT2D eigenvalue weighted by atomic mass is 10.1. The van der Waals surface area contributed by atoms with Crippen molar-refractivity contribution >= 4 is 17.2 Å². The molecule has 94 valence electrons. The number of carbonyl (C=O) groups is 1. The third kappa shape index (κ3) is 2.94.